The van der Waals surface area contributed by atoms with E-state index in [1.54, 1.807) is 30.3 Å². The van der Waals surface area contributed by atoms with Gasteiger partial charge in [0.05, 0.1) is 11.1 Å². The molecule has 3 rings (SSSR count). The van der Waals surface area contributed by atoms with Crippen molar-refractivity contribution >= 4 is 11.9 Å². The number of hydrogen-bond acceptors (Lipinski definition) is 4. The molecule has 0 saturated heterocycles. The van der Waals surface area contributed by atoms with Crippen molar-refractivity contribution in [2.45, 2.75) is 26.2 Å². The van der Waals surface area contributed by atoms with Crippen molar-refractivity contribution in [1.29, 1.82) is 0 Å². The highest BCUT2D eigenvalue weighted by Gasteiger charge is 2.18. The molecule has 154 valence electrons. The maximum absolute atomic E-state index is 11.1. The van der Waals surface area contributed by atoms with E-state index in [0.29, 0.717) is 23.0 Å². The first-order valence-electron chi connectivity index (χ1n) is 9.30. The van der Waals surface area contributed by atoms with Crippen molar-refractivity contribution in [2.24, 2.45) is 0 Å². The Morgan fingerprint density at radius 3 is 1.50 bits per heavy atom. The summed E-state index contributed by atoms with van der Waals surface area (Å²) in [4.78, 5) is 22.1. The van der Waals surface area contributed by atoms with Crippen LogP contribution >= 0.6 is 0 Å². The minimum atomic E-state index is -1.01. The summed E-state index contributed by atoms with van der Waals surface area (Å²) < 4.78 is 11.9. The zero-order valence-corrected chi connectivity index (χ0v) is 16.9. The second-order valence-electron chi connectivity index (χ2n) is 7.77. The lowest BCUT2D eigenvalue weighted by Gasteiger charge is -2.21. The van der Waals surface area contributed by atoms with E-state index < -0.39 is 11.9 Å². The third-order valence-electron chi connectivity index (χ3n) is 4.47. The summed E-state index contributed by atoms with van der Waals surface area (Å²) in [5.41, 5.74) is 1.25. The Labute approximate surface area is 174 Å². The zero-order valence-electron chi connectivity index (χ0n) is 16.9. The highest BCUT2D eigenvalue weighted by atomic mass is 16.5. The smallest absolute Gasteiger partial charge is 0.335 e. The Bertz CT molecular complexity index is 1060. The summed E-state index contributed by atoms with van der Waals surface area (Å²) in [6.07, 6.45) is 0. The molecule has 0 atom stereocenters. The molecule has 0 aromatic heterocycles. The molecule has 0 amide bonds. The molecule has 0 aliphatic rings. The van der Waals surface area contributed by atoms with Crippen LogP contribution in [0.15, 0.2) is 66.7 Å². The van der Waals surface area contributed by atoms with Gasteiger partial charge in [0.1, 0.15) is 11.5 Å². The van der Waals surface area contributed by atoms with Crippen LogP contribution in [0.1, 0.15) is 47.1 Å². The van der Waals surface area contributed by atoms with Gasteiger partial charge in [-0.2, -0.15) is 0 Å². The predicted octanol–water partition coefficient (Wildman–Crippen LogP) is 5.97. The molecular formula is C24H22O6. The van der Waals surface area contributed by atoms with E-state index >= 15 is 0 Å². The maximum Gasteiger partial charge on any atom is 0.335 e. The Hall–Kier alpha value is -3.80. The van der Waals surface area contributed by atoms with Crippen LogP contribution in [-0.4, -0.2) is 22.2 Å². The third-order valence-corrected chi connectivity index (χ3v) is 4.47. The van der Waals surface area contributed by atoms with Gasteiger partial charge in [-0.05, 0) is 71.6 Å². The van der Waals surface area contributed by atoms with Gasteiger partial charge in [-0.15, -0.1) is 0 Å². The van der Waals surface area contributed by atoms with E-state index in [0.717, 1.165) is 5.56 Å². The van der Waals surface area contributed by atoms with Gasteiger partial charge in [0.2, 0.25) is 0 Å². The standard InChI is InChI=1S/C24H22O6/c1-24(2,3)17-8-13-20(29-18-9-4-15(5-10-18)22(25)26)21(14-17)30-19-11-6-16(7-12-19)23(27)28/h4-14H,1-3H3,(H,25,26)(H,27,28). The number of carboxylic acids is 2. The van der Waals surface area contributed by atoms with E-state index in [1.165, 1.54) is 24.3 Å². The van der Waals surface area contributed by atoms with Gasteiger partial charge >= 0.3 is 11.9 Å². The maximum atomic E-state index is 11.1. The highest BCUT2D eigenvalue weighted by molar-refractivity contribution is 5.88. The first-order valence-corrected chi connectivity index (χ1v) is 9.30. The molecule has 0 unspecified atom stereocenters. The van der Waals surface area contributed by atoms with Gasteiger partial charge in [0.15, 0.2) is 11.5 Å². The fourth-order valence-corrected chi connectivity index (χ4v) is 2.72. The monoisotopic (exact) mass is 406 g/mol. The molecule has 2 N–H and O–H groups in total. The summed E-state index contributed by atoms with van der Waals surface area (Å²) >= 11 is 0. The Morgan fingerprint density at radius 1 is 0.667 bits per heavy atom. The Morgan fingerprint density at radius 2 is 1.10 bits per heavy atom. The molecular weight excluding hydrogens is 384 g/mol. The van der Waals surface area contributed by atoms with Gasteiger partial charge in [-0.1, -0.05) is 26.8 Å². The number of aromatic carboxylic acids is 2. The number of carboxylic acid groups (broad SMARTS) is 2. The van der Waals surface area contributed by atoms with E-state index in [4.69, 9.17) is 19.7 Å². The molecule has 0 aliphatic heterocycles. The molecule has 0 bridgehead atoms. The highest BCUT2D eigenvalue weighted by Crippen LogP contribution is 2.38. The van der Waals surface area contributed by atoms with Crippen LogP contribution in [0.4, 0.5) is 0 Å². The molecule has 0 heterocycles. The van der Waals surface area contributed by atoms with Crippen molar-refractivity contribution in [3.63, 3.8) is 0 Å². The molecule has 0 spiro atoms. The third kappa shape index (κ3) is 4.97. The predicted molar refractivity (Wildman–Crippen MR) is 112 cm³/mol. The van der Waals surface area contributed by atoms with Gasteiger partial charge in [-0.3, -0.25) is 0 Å². The van der Waals surface area contributed by atoms with Crippen molar-refractivity contribution in [3.8, 4) is 23.0 Å². The Kier molecular flexibility index (Phi) is 5.78. The summed E-state index contributed by atoms with van der Waals surface area (Å²) in [5, 5.41) is 18.1. The van der Waals surface area contributed by atoms with E-state index in [1.807, 2.05) is 12.1 Å². The van der Waals surface area contributed by atoms with Gasteiger partial charge < -0.3 is 19.7 Å². The first kappa shape index (κ1) is 20.9. The van der Waals surface area contributed by atoms with Crippen LogP contribution in [0.3, 0.4) is 0 Å². The number of ether oxygens (including phenoxy) is 2. The minimum absolute atomic E-state index is 0.118. The summed E-state index contributed by atoms with van der Waals surface area (Å²) in [7, 11) is 0. The molecule has 6 nitrogen and oxygen atoms in total. The lowest BCUT2D eigenvalue weighted by molar-refractivity contribution is 0.0686. The fourth-order valence-electron chi connectivity index (χ4n) is 2.72. The summed E-state index contributed by atoms with van der Waals surface area (Å²) in [6, 6.07) is 17.8. The normalized spacial score (nSPS) is 11.0. The van der Waals surface area contributed by atoms with Crippen molar-refractivity contribution < 1.29 is 29.3 Å². The largest absolute Gasteiger partial charge is 0.478 e. The molecule has 6 heteroatoms. The second-order valence-corrected chi connectivity index (χ2v) is 7.77. The van der Waals surface area contributed by atoms with Crippen molar-refractivity contribution in [2.75, 3.05) is 0 Å². The lowest BCUT2D eigenvalue weighted by atomic mass is 9.87. The van der Waals surface area contributed by atoms with Crippen LogP contribution in [0, 0.1) is 0 Å². The second kappa shape index (κ2) is 8.29. The number of benzene rings is 3. The summed E-state index contributed by atoms with van der Waals surface area (Å²) in [6.45, 7) is 6.25. The molecule has 0 aliphatic carbocycles. The van der Waals surface area contributed by atoms with E-state index in [9.17, 15) is 9.59 Å². The van der Waals surface area contributed by atoms with Gasteiger partial charge in [-0.25, -0.2) is 9.59 Å². The average Bonchev–Trinajstić information content (AvgIpc) is 2.69. The first-order chi connectivity index (χ1) is 14.1. The molecule has 0 saturated carbocycles. The average molecular weight is 406 g/mol. The summed E-state index contributed by atoms with van der Waals surface area (Å²) in [5.74, 6) is -0.164. The molecule has 3 aromatic rings. The zero-order chi connectivity index (χ0) is 21.9. The van der Waals surface area contributed by atoms with Crippen LogP contribution in [0.5, 0.6) is 23.0 Å². The molecule has 30 heavy (non-hydrogen) atoms. The topological polar surface area (TPSA) is 93.1 Å². The molecule has 0 fully saturated rings. The lowest BCUT2D eigenvalue weighted by Crippen LogP contribution is -2.11. The van der Waals surface area contributed by atoms with Crippen LogP contribution in [0.2, 0.25) is 0 Å². The molecule has 3 aromatic carbocycles. The number of rotatable bonds is 6. The number of hydrogen-bond donors (Lipinski definition) is 2. The molecule has 0 radical (unpaired) electrons. The van der Waals surface area contributed by atoms with Gasteiger partial charge in [0, 0.05) is 0 Å². The van der Waals surface area contributed by atoms with Crippen molar-refractivity contribution in [3.05, 3.63) is 83.4 Å². The van der Waals surface area contributed by atoms with Crippen molar-refractivity contribution in [1.82, 2.24) is 0 Å². The van der Waals surface area contributed by atoms with Gasteiger partial charge in [0.25, 0.3) is 0 Å². The van der Waals surface area contributed by atoms with Crippen LogP contribution in [0.25, 0.3) is 0 Å². The minimum Gasteiger partial charge on any atom is -0.478 e. The van der Waals surface area contributed by atoms with Crippen LogP contribution < -0.4 is 9.47 Å². The van der Waals surface area contributed by atoms with E-state index in [-0.39, 0.29) is 16.5 Å². The number of carbonyl (C=O) groups is 2. The SMILES string of the molecule is CC(C)(C)c1ccc(Oc2ccc(C(=O)O)cc2)c(Oc2ccc(C(=O)O)cc2)c1. The van der Waals surface area contributed by atoms with E-state index in [2.05, 4.69) is 20.8 Å². The quantitative estimate of drug-likeness (QED) is 0.524. The van der Waals surface area contributed by atoms with Crippen LogP contribution in [-0.2, 0) is 5.41 Å². The Balaban J connectivity index is 1.93. The fraction of sp³-hybridized carbons (Fsp3) is 0.167.